The number of ether oxygens (including phenoxy) is 3. The van der Waals surface area contributed by atoms with E-state index >= 15 is 0 Å². The van der Waals surface area contributed by atoms with E-state index in [2.05, 4.69) is 10.6 Å². The van der Waals surface area contributed by atoms with Crippen LogP contribution in [0.3, 0.4) is 0 Å². The van der Waals surface area contributed by atoms with E-state index in [1.807, 2.05) is 13.8 Å². The Morgan fingerprint density at radius 2 is 1.68 bits per heavy atom. The quantitative estimate of drug-likeness (QED) is 0.221. The first kappa shape index (κ1) is 37.5. The van der Waals surface area contributed by atoms with E-state index in [-0.39, 0.29) is 44.0 Å². The molecule has 0 spiro atoms. The largest absolute Gasteiger partial charge is 0.478 e. The van der Waals surface area contributed by atoms with E-state index in [0.717, 1.165) is 5.56 Å². The lowest BCUT2D eigenvalue weighted by Crippen LogP contribution is -2.48. The molecule has 1 saturated heterocycles. The molecule has 3 amide bonds. The fourth-order valence-corrected chi connectivity index (χ4v) is 5.86. The van der Waals surface area contributed by atoms with Gasteiger partial charge in [-0.15, -0.1) is 11.8 Å². The third kappa shape index (κ3) is 11.4. The zero-order chi connectivity index (χ0) is 34.9. The predicted octanol–water partition coefficient (Wildman–Crippen LogP) is 5.11. The van der Waals surface area contributed by atoms with Crippen molar-refractivity contribution in [1.82, 2.24) is 15.5 Å². The number of rotatable bonds is 13. The fourth-order valence-electron chi connectivity index (χ4n) is 4.69. The van der Waals surface area contributed by atoms with Gasteiger partial charge in [-0.3, -0.25) is 9.59 Å². The molecule has 2 aromatic rings. The maximum absolute atomic E-state index is 14.5. The van der Waals surface area contributed by atoms with E-state index in [0.29, 0.717) is 23.6 Å². The van der Waals surface area contributed by atoms with Crippen LogP contribution < -0.4 is 15.4 Å². The standard InChI is InChI=1S/C33H42F3N3O7S/c1-7-44-31(42)28(19(2)3)45-23-10-8-20(9-11-23)18-37-29(41)30-39(12-13-47-30)27(40)16-22(38-32(43)46-33(4,5)6)14-21-15-25(35)26(36)17-24(21)34/h8-11,15,17,19,22,28,30H,7,12-14,16,18H2,1-6H3,(H,37,41)(H,38,43)/t22-,28?,30-/m1/s1. The van der Waals surface area contributed by atoms with Crippen molar-refractivity contribution in [2.45, 2.75) is 84.0 Å². The highest BCUT2D eigenvalue weighted by Crippen LogP contribution is 2.26. The number of alkyl carbamates (subject to hydrolysis) is 1. The van der Waals surface area contributed by atoms with Crippen LogP contribution in [-0.4, -0.2) is 70.8 Å². The van der Waals surface area contributed by atoms with Crippen LogP contribution in [0, 0.1) is 23.4 Å². The fraction of sp³-hybridized carbons (Fsp3) is 0.515. The Balaban J connectivity index is 1.64. The van der Waals surface area contributed by atoms with Gasteiger partial charge in [-0.1, -0.05) is 26.0 Å². The first-order chi connectivity index (χ1) is 22.1. The van der Waals surface area contributed by atoms with Crippen LogP contribution in [0.1, 0.15) is 59.1 Å². The molecule has 0 aliphatic carbocycles. The third-order valence-electron chi connectivity index (χ3n) is 6.91. The van der Waals surface area contributed by atoms with Gasteiger partial charge in [0.2, 0.25) is 5.91 Å². The van der Waals surface area contributed by atoms with Gasteiger partial charge in [-0.2, -0.15) is 0 Å². The van der Waals surface area contributed by atoms with Crippen molar-refractivity contribution in [1.29, 1.82) is 0 Å². The second-order valence-corrected chi connectivity index (χ2v) is 13.5. The zero-order valence-corrected chi connectivity index (χ0v) is 28.2. The van der Waals surface area contributed by atoms with Crippen LogP contribution in [0.4, 0.5) is 18.0 Å². The molecular formula is C33H42F3N3O7S. The monoisotopic (exact) mass is 681 g/mol. The molecule has 1 aliphatic rings. The van der Waals surface area contributed by atoms with Gasteiger partial charge in [0.25, 0.3) is 5.91 Å². The van der Waals surface area contributed by atoms with Gasteiger partial charge >= 0.3 is 12.1 Å². The number of hydrogen-bond donors (Lipinski definition) is 2. The molecular weight excluding hydrogens is 639 g/mol. The highest BCUT2D eigenvalue weighted by molar-refractivity contribution is 8.00. The minimum atomic E-state index is -1.36. The van der Waals surface area contributed by atoms with Crippen molar-refractivity contribution in [3.63, 3.8) is 0 Å². The summed E-state index contributed by atoms with van der Waals surface area (Å²) in [4.78, 5) is 52.7. The smallest absolute Gasteiger partial charge is 0.407 e. The number of benzene rings is 2. The average molecular weight is 682 g/mol. The molecule has 2 aromatic carbocycles. The van der Waals surface area contributed by atoms with Crippen LogP contribution in [0.5, 0.6) is 5.75 Å². The number of hydrogen-bond acceptors (Lipinski definition) is 8. The van der Waals surface area contributed by atoms with Crippen molar-refractivity contribution in [3.05, 3.63) is 65.0 Å². The minimum Gasteiger partial charge on any atom is -0.478 e. The van der Waals surface area contributed by atoms with Crippen LogP contribution >= 0.6 is 11.8 Å². The van der Waals surface area contributed by atoms with Gasteiger partial charge in [0, 0.05) is 43.3 Å². The summed E-state index contributed by atoms with van der Waals surface area (Å²) >= 11 is 1.27. The molecule has 3 rings (SSSR count). The highest BCUT2D eigenvalue weighted by atomic mass is 32.2. The lowest BCUT2D eigenvalue weighted by molar-refractivity contribution is -0.153. The first-order valence-electron chi connectivity index (χ1n) is 15.3. The Morgan fingerprint density at radius 1 is 1.02 bits per heavy atom. The number of thioether (sulfide) groups is 1. The first-order valence-corrected chi connectivity index (χ1v) is 16.4. The molecule has 0 bridgehead atoms. The summed E-state index contributed by atoms with van der Waals surface area (Å²) in [6, 6.07) is 6.89. The van der Waals surface area contributed by atoms with Crippen molar-refractivity contribution >= 4 is 35.6 Å². The molecule has 1 heterocycles. The van der Waals surface area contributed by atoms with E-state index in [4.69, 9.17) is 14.2 Å². The number of carbonyl (C=O) groups is 4. The molecule has 0 radical (unpaired) electrons. The lowest BCUT2D eigenvalue weighted by Gasteiger charge is -2.27. The van der Waals surface area contributed by atoms with Gasteiger partial charge in [0.05, 0.1) is 6.61 Å². The Bertz CT molecular complexity index is 1420. The molecule has 0 aromatic heterocycles. The number of esters is 1. The molecule has 258 valence electrons. The molecule has 10 nitrogen and oxygen atoms in total. The summed E-state index contributed by atoms with van der Waals surface area (Å²) < 4.78 is 58.1. The Morgan fingerprint density at radius 3 is 2.30 bits per heavy atom. The van der Waals surface area contributed by atoms with Crippen molar-refractivity contribution in [2.24, 2.45) is 5.92 Å². The topological polar surface area (TPSA) is 123 Å². The average Bonchev–Trinajstić information content (AvgIpc) is 3.47. The molecule has 1 aliphatic heterocycles. The van der Waals surface area contributed by atoms with Crippen molar-refractivity contribution < 1.29 is 46.6 Å². The maximum atomic E-state index is 14.5. The van der Waals surface area contributed by atoms with E-state index in [9.17, 15) is 32.3 Å². The molecule has 47 heavy (non-hydrogen) atoms. The number of carbonyl (C=O) groups excluding carboxylic acids is 4. The van der Waals surface area contributed by atoms with E-state index in [1.165, 1.54) is 16.7 Å². The molecule has 2 N–H and O–H groups in total. The maximum Gasteiger partial charge on any atom is 0.407 e. The molecule has 3 atom stereocenters. The van der Waals surface area contributed by atoms with Crippen LogP contribution in [0.25, 0.3) is 0 Å². The van der Waals surface area contributed by atoms with Crippen LogP contribution in [0.2, 0.25) is 0 Å². The molecule has 1 fully saturated rings. The van der Waals surface area contributed by atoms with Gasteiger partial charge < -0.3 is 29.7 Å². The summed E-state index contributed by atoms with van der Waals surface area (Å²) in [5.41, 5.74) is -0.355. The van der Waals surface area contributed by atoms with E-state index in [1.54, 1.807) is 52.0 Å². The summed E-state index contributed by atoms with van der Waals surface area (Å²) in [5, 5.41) is 4.49. The predicted molar refractivity (Wildman–Crippen MR) is 170 cm³/mol. The lowest BCUT2D eigenvalue weighted by atomic mass is 10.0. The highest BCUT2D eigenvalue weighted by Gasteiger charge is 2.36. The molecule has 14 heteroatoms. The summed E-state index contributed by atoms with van der Waals surface area (Å²) in [7, 11) is 0. The van der Waals surface area contributed by atoms with Crippen molar-refractivity contribution in [2.75, 3.05) is 18.9 Å². The number of nitrogens with one attached hydrogen (secondary N) is 2. The van der Waals surface area contributed by atoms with E-state index < -0.39 is 64.4 Å². The summed E-state index contributed by atoms with van der Waals surface area (Å²) in [6.07, 6.45) is -2.32. The molecule has 1 unspecified atom stereocenters. The van der Waals surface area contributed by atoms with Crippen LogP contribution in [0.15, 0.2) is 36.4 Å². The second kappa shape index (κ2) is 16.8. The van der Waals surface area contributed by atoms with Crippen molar-refractivity contribution in [3.8, 4) is 5.75 Å². The number of halogens is 3. The SMILES string of the molecule is CCOC(=O)C(Oc1ccc(CNC(=O)[C@H]2SCCN2C(=O)C[C@@H](Cc2cc(F)c(F)cc2F)NC(=O)OC(C)(C)C)cc1)C(C)C. The minimum absolute atomic E-state index is 0.113. The number of amides is 3. The van der Waals surface area contributed by atoms with Gasteiger partial charge in [0.15, 0.2) is 23.1 Å². The zero-order valence-electron chi connectivity index (χ0n) is 27.4. The normalized spacial score (nSPS) is 16.0. The Hall–Kier alpha value is -3.94. The second-order valence-electron chi connectivity index (χ2n) is 12.3. The number of nitrogens with zero attached hydrogens (tertiary/aromatic N) is 1. The Labute approximate surface area is 277 Å². The summed E-state index contributed by atoms with van der Waals surface area (Å²) in [6.45, 7) is 11.0. The van der Waals surface area contributed by atoms with Gasteiger partial charge in [0.1, 0.15) is 17.2 Å². The van der Waals surface area contributed by atoms with Gasteiger partial charge in [-0.05, 0) is 63.4 Å². The Kier molecular flexibility index (Phi) is 13.4. The molecule has 0 saturated carbocycles. The van der Waals surface area contributed by atoms with Crippen LogP contribution in [-0.2, 0) is 36.8 Å². The third-order valence-corrected chi connectivity index (χ3v) is 8.11. The summed E-state index contributed by atoms with van der Waals surface area (Å²) in [5.74, 6) is -4.18. The van der Waals surface area contributed by atoms with Gasteiger partial charge in [-0.25, -0.2) is 22.8 Å².